The van der Waals surface area contributed by atoms with Crippen LogP contribution in [-0.2, 0) is 0 Å². The summed E-state index contributed by atoms with van der Waals surface area (Å²) in [7, 11) is 0. The number of carbonyl (C=O) groups excluding carboxylic acids is 1. The Kier molecular flexibility index (Phi) is 3.09. The van der Waals surface area contributed by atoms with Gasteiger partial charge in [-0.1, -0.05) is 0 Å². The number of aromatic hydroxyl groups is 1. The van der Waals surface area contributed by atoms with Crippen molar-refractivity contribution in [1.82, 2.24) is 10.2 Å². The molecule has 18 heavy (non-hydrogen) atoms. The molecule has 0 fully saturated rings. The molecule has 0 aliphatic carbocycles. The van der Waals surface area contributed by atoms with E-state index >= 15 is 0 Å². The Bertz CT molecular complexity index is 629. The molecule has 6 nitrogen and oxygen atoms in total. The molecule has 0 saturated carbocycles. The lowest BCUT2D eigenvalue weighted by Crippen LogP contribution is -2.15. The van der Waals surface area contributed by atoms with E-state index in [0.29, 0.717) is 11.1 Å². The van der Waals surface area contributed by atoms with Crippen molar-refractivity contribution in [2.45, 2.75) is 6.92 Å². The molecule has 0 radical (unpaired) electrons. The number of aromatic nitrogens is 2. The van der Waals surface area contributed by atoms with Crippen LogP contribution in [0.25, 0.3) is 0 Å². The Morgan fingerprint density at radius 2 is 2.11 bits per heavy atom. The molecule has 1 amide bonds. The monoisotopic (exact) mass is 245 g/mol. The Morgan fingerprint density at radius 3 is 2.72 bits per heavy atom. The van der Waals surface area contributed by atoms with Gasteiger partial charge in [-0.25, -0.2) is 5.10 Å². The van der Waals surface area contributed by atoms with E-state index in [2.05, 4.69) is 15.5 Å². The van der Waals surface area contributed by atoms with Crippen LogP contribution in [0.1, 0.15) is 15.9 Å². The van der Waals surface area contributed by atoms with E-state index < -0.39 is 0 Å². The molecule has 0 aliphatic heterocycles. The fraction of sp³-hybridized carbons (Fsp3) is 0.0833. The highest BCUT2D eigenvalue weighted by Gasteiger charge is 2.08. The smallest absolute Gasteiger partial charge is 0.264 e. The van der Waals surface area contributed by atoms with Crippen molar-refractivity contribution in [2.24, 2.45) is 0 Å². The summed E-state index contributed by atoms with van der Waals surface area (Å²) >= 11 is 0. The summed E-state index contributed by atoms with van der Waals surface area (Å²) in [6, 6.07) is 7.19. The van der Waals surface area contributed by atoms with Crippen LogP contribution in [0.5, 0.6) is 5.75 Å². The summed E-state index contributed by atoms with van der Waals surface area (Å²) in [6.07, 6.45) is 0. The first-order valence-corrected chi connectivity index (χ1v) is 5.23. The number of benzene rings is 1. The van der Waals surface area contributed by atoms with E-state index in [0.717, 1.165) is 0 Å². The van der Waals surface area contributed by atoms with Gasteiger partial charge in [0.2, 0.25) is 0 Å². The first-order chi connectivity index (χ1) is 8.56. The van der Waals surface area contributed by atoms with E-state index in [1.165, 1.54) is 24.3 Å². The highest BCUT2D eigenvalue weighted by Crippen LogP contribution is 2.17. The highest BCUT2D eigenvalue weighted by atomic mass is 16.3. The van der Waals surface area contributed by atoms with E-state index in [-0.39, 0.29) is 23.0 Å². The van der Waals surface area contributed by atoms with E-state index in [4.69, 9.17) is 0 Å². The summed E-state index contributed by atoms with van der Waals surface area (Å²) < 4.78 is 0. The first kappa shape index (κ1) is 11.8. The molecule has 0 atom stereocenters. The van der Waals surface area contributed by atoms with Crippen LogP contribution in [0.2, 0.25) is 0 Å². The van der Waals surface area contributed by atoms with Crippen molar-refractivity contribution in [3.63, 3.8) is 0 Å². The molecular weight excluding hydrogens is 234 g/mol. The van der Waals surface area contributed by atoms with Crippen molar-refractivity contribution >= 4 is 11.7 Å². The third kappa shape index (κ3) is 2.54. The Hall–Kier alpha value is -2.63. The van der Waals surface area contributed by atoms with Crippen molar-refractivity contribution < 1.29 is 9.90 Å². The van der Waals surface area contributed by atoms with Crippen LogP contribution in [0.4, 0.5) is 5.82 Å². The van der Waals surface area contributed by atoms with Crippen LogP contribution in [0.3, 0.4) is 0 Å². The molecule has 0 saturated heterocycles. The summed E-state index contributed by atoms with van der Waals surface area (Å²) in [5, 5.41) is 17.8. The lowest BCUT2D eigenvalue weighted by atomic mass is 10.1. The summed E-state index contributed by atoms with van der Waals surface area (Å²) in [6.45, 7) is 1.70. The fourth-order valence-electron chi connectivity index (χ4n) is 1.40. The summed E-state index contributed by atoms with van der Waals surface area (Å²) in [4.78, 5) is 22.6. The minimum Gasteiger partial charge on any atom is -0.508 e. The quantitative estimate of drug-likeness (QED) is 0.736. The largest absolute Gasteiger partial charge is 0.508 e. The second kappa shape index (κ2) is 4.70. The molecule has 1 heterocycles. The van der Waals surface area contributed by atoms with Gasteiger partial charge in [0.25, 0.3) is 11.5 Å². The van der Waals surface area contributed by atoms with Crippen LogP contribution in [0, 0.1) is 6.92 Å². The second-order valence-corrected chi connectivity index (χ2v) is 3.76. The second-order valence-electron chi connectivity index (χ2n) is 3.76. The third-order valence-corrected chi connectivity index (χ3v) is 2.38. The van der Waals surface area contributed by atoms with Gasteiger partial charge in [-0.3, -0.25) is 9.59 Å². The summed E-state index contributed by atoms with van der Waals surface area (Å²) in [5.74, 6) is 0.0247. The zero-order valence-corrected chi connectivity index (χ0v) is 9.60. The van der Waals surface area contributed by atoms with Gasteiger partial charge in [0.05, 0.1) is 0 Å². The van der Waals surface area contributed by atoms with Gasteiger partial charge in [0.1, 0.15) is 5.75 Å². The van der Waals surface area contributed by atoms with Gasteiger partial charge in [-0.2, -0.15) is 5.10 Å². The van der Waals surface area contributed by atoms with Crippen LogP contribution < -0.4 is 10.9 Å². The van der Waals surface area contributed by atoms with E-state index in [1.807, 2.05) is 0 Å². The standard InChI is InChI=1S/C12H11N3O3/c1-7-6-8(2-3-9(7)16)12(18)13-10-4-5-11(17)15-14-10/h2-6,16H,1H3,(H,15,17)(H,13,14,18). The number of aromatic amines is 1. The maximum atomic E-state index is 11.8. The normalized spacial score (nSPS) is 10.1. The third-order valence-electron chi connectivity index (χ3n) is 2.38. The Balaban J connectivity index is 2.19. The number of hydrogen-bond donors (Lipinski definition) is 3. The van der Waals surface area contributed by atoms with Crippen molar-refractivity contribution in [2.75, 3.05) is 5.32 Å². The number of amides is 1. The Morgan fingerprint density at radius 1 is 1.33 bits per heavy atom. The van der Waals surface area contributed by atoms with Gasteiger partial charge >= 0.3 is 0 Å². The van der Waals surface area contributed by atoms with Crippen LogP contribution in [-0.4, -0.2) is 21.2 Å². The minimum atomic E-state index is -0.363. The predicted octanol–water partition coefficient (Wildman–Crippen LogP) is 1.04. The predicted molar refractivity (Wildman–Crippen MR) is 65.7 cm³/mol. The molecule has 2 aromatic rings. The van der Waals surface area contributed by atoms with Gasteiger partial charge in [0.15, 0.2) is 5.82 Å². The number of phenols is 1. The van der Waals surface area contributed by atoms with Gasteiger partial charge < -0.3 is 10.4 Å². The number of rotatable bonds is 2. The molecule has 6 heteroatoms. The maximum absolute atomic E-state index is 11.8. The van der Waals surface area contributed by atoms with Crippen molar-refractivity contribution in [3.8, 4) is 5.75 Å². The number of aryl methyl sites for hydroxylation is 1. The molecule has 0 unspecified atom stereocenters. The first-order valence-electron chi connectivity index (χ1n) is 5.23. The molecule has 3 N–H and O–H groups in total. The SMILES string of the molecule is Cc1cc(C(=O)Nc2ccc(=O)[nH]n2)ccc1O. The number of phenolic OH excluding ortho intramolecular Hbond substituents is 1. The topological polar surface area (TPSA) is 95.1 Å². The molecule has 0 bridgehead atoms. The zero-order chi connectivity index (χ0) is 13.1. The number of carbonyl (C=O) groups is 1. The molecule has 1 aromatic carbocycles. The lowest BCUT2D eigenvalue weighted by Gasteiger charge is -2.05. The van der Waals surface area contributed by atoms with Crippen LogP contribution >= 0.6 is 0 Å². The maximum Gasteiger partial charge on any atom is 0.264 e. The minimum absolute atomic E-state index is 0.133. The van der Waals surface area contributed by atoms with E-state index in [1.54, 1.807) is 13.0 Å². The lowest BCUT2D eigenvalue weighted by molar-refractivity contribution is 0.102. The zero-order valence-electron chi connectivity index (χ0n) is 9.60. The molecule has 0 spiro atoms. The van der Waals surface area contributed by atoms with Gasteiger partial charge in [0, 0.05) is 11.6 Å². The average molecular weight is 245 g/mol. The van der Waals surface area contributed by atoms with Crippen molar-refractivity contribution in [1.29, 1.82) is 0 Å². The molecule has 92 valence electrons. The molecular formula is C12H11N3O3. The number of nitrogens with zero attached hydrogens (tertiary/aromatic N) is 1. The Labute approximate surface area is 102 Å². The molecule has 1 aromatic heterocycles. The van der Waals surface area contributed by atoms with Gasteiger partial charge in [-0.05, 0) is 36.8 Å². The molecule has 2 rings (SSSR count). The number of hydrogen-bond acceptors (Lipinski definition) is 4. The van der Waals surface area contributed by atoms with Gasteiger partial charge in [-0.15, -0.1) is 0 Å². The average Bonchev–Trinajstić information content (AvgIpc) is 2.35. The summed E-state index contributed by atoms with van der Waals surface area (Å²) in [5.41, 5.74) is 0.670. The fourth-order valence-corrected chi connectivity index (χ4v) is 1.40. The number of H-pyrrole nitrogens is 1. The molecule has 0 aliphatic rings. The van der Waals surface area contributed by atoms with Crippen LogP contribution in [0.15, 0.2) is 35.1 Å². The van der Waals surface area contributed by atoms with Crippen molar-refractivity contribution in [3.05, 3.63) is 51.8 Å². The number of nitrogens with one attached hydrogen (secondary N) is 2. The van der Waals surface area contributed by atoms with E-state index in [9.17, 15) is 14.7 Å². The number of anilines is 1. The highest BCUT2D eigenvalue weighted by molar-refractivity contribution is 6.03.